The molecule has 2 bridgehead atoms. The zero-order valence-corrected chi connectivity index (χ0v) is 19.9. The summed E-state index contributed by atoms with van der Waals surface area (Å²) >= 11 is 0. The van der Waals surface area contributed by atoms with Crippen LogP contribution in [-0.4, -0.2) is 17.5 Å². The fourth-order valence-corrected chi connectivity index (χ4v) is 8.82. The Hall–Kier alpha value is -2.44. The Kier molecular flexibility index (Phi) is 4.60. The maximum atomic E-state index is 6.85. The molecule has 0 amide bonds. The molecule has 1 heterocycles. The standard InChI is InChI=1S/C29H30NOP/c1-28(2)20-18-25(28)29(3)26(19-20)30-27(31-29)23-16-10-11-17-24(23)32(21-12-6-4-7-13-21)22-14-8-5-9-15-22/h4-17,20,25-26H,18-19H2,1-3H3/t20-,25-,26+,29-/m1/s1. The molecule has 3 aromatic carbocycles. The summed E-state index contributed by atoms with van der Waals surface area (Å²) in [5.41, 5.74) is 1.34. The van der Waals surface area contributed by atoms with Gasteiger partial charge in [0, 0.05) is 11.5 Å². The second-order valence-electron chi connectivity index (χ2n) is 10.3. The lowest BCUT2D eigenvalue weighted by Crippen LogP contribution is -2.65. The Bertz CT molecular complexity index is 1130. The summed E-state index contributed by atoms with van der Waals surface area (Å²) in [7, 11) is -0.701. The average Bonchev–Trinajstić information content (AvgIpc) is 3.18. The van der Waals surface area contributed by atoms with E-state index in [-0.39, 0.29) is 11.6 Å². The van der Waals surface area contributed by atoms with Crippen LogP contribution in [0.2, 0.25) is 0 Å². The lowest BCUT2D eigenvalue weighted by molar-refractivity contribution is -0.184. The molecular weight excluding hydrogens is 409 g/mol. The van der Waals surface area contributed by atoms with Crippen molar-refractivity contribution in [1.29, 1.82) is 0 Å². The van der Waals surface area contributed by atoms with Gasteiger partial charge in [-0.25, -0.2) is 4.99 Å². The van der Waals surface area contributed by atoms with E-state index in [1.807, 2.05) is 0 Å². The van der Waals surface area contributed by atoms with Crippen LogP contribution in [0.1, 0.15) is 39.2 Å². The van der Waals surface area contributed by atoms with Gasteiger partial charge in [0.05, 0.1) is 6.04 Å². The monoisotopic (exact) mass is 439 g/mol. The van der Waals surface area contributed by atoms with E-state index >= 15 is 0 Å². The summed E-state index contributed by atoms with van der Waals surface area (Å²) < 4.78 is 6.85. The molecule has 2 nitrogen and oxygen atoms in total. The maximum Gasteiger partial charge on any atom is 0.217 e. The number of hydrogen-bond donors (Lipinski definition) is 0. The van der Waals surface area contributed by atoms with E-state index in [9.17, 15) is 0 Å². The van der Waals surface area contributed by atoms with Crippen LogP contribution in [0.5, 0.6) is 0 Å². The third kappa shape index (κ3) is 2.92. The molecule has 0 saturated heterocycles. The zero-order chi connectivity index (χ0) is 21.9. The van der Waals surface area contributed by atoms with Gasteiger partial charge in [0.1, 0.15) is 5.60 Å². The van der Waals surface area contributed by atoms with E-state index in [0.29, 0.717) is 11.3 Å². The molecule has 3 saturated carbocycles. The van der Waals surface area contributed by atoms with Crippen LogP contribution in [0.15, 0.2) is 89.9 Å². The first-order valence-corrected chi connectivity index (χ1v) is 13.1. The van der Waals surface area contributed by atoms with Gasteiger partial charge in [0.15, 0.2) is 0 Å². The second-order valence-corrected chi connectivity index (χ2v) is 12.5. The van der Waals surface area contributed by atoms with Crippen LogP contribution in [0.4, 0.5) is 0 Å². The van der Waals surface area contributed by atoms with Gasteiger partial charge in [-0.3, -0.25) is 0 Å². The lowest BCUT2D eigenvalue weighted by Gasteiger charge is -2.63. The minimum absolute atomic E-state index is 0.178. The summed E-state index contributed by atoms with van der Waals surface area (Å²) in [6.07, 6.45) is 2.43. The molecular formula is C29H30NOP. The Labute approximate surface area is 192 Å². The highest BCUT2D eigenvalue weighted by Gasteiger charge is 2.66. The van der Waals surface area contributed by atoms with E-state index < -0.39 is 7.92 Å². The number of rotatable bonds is 4. The predicted octanol–water partition coefficient (Wildman–Crippen LogP) is 5.41. The third-order valence-corrected chi connectivity index (χ3v) is 10.8. The Morgan fingerprint density at radius 2 is 1.38 bits per heavy atom. The summed E-state index contributed by atoms with van der Waals surface area (Å²) in [6.45, 7) is 7.16. The minimum atomic E-state index is -0.701. The van der Waals surface area contributed by atoms with Gasteiger partial charge in [0.25, 0.3) is 0 Å². The molecule has 3 aliphatic carbocycles. The molecule has 3 heteroatoms. The van der Waals surface area contributed by atoms with Crippen LogP contribution < -0.4 is 15.9 Å². The molecule has 0 N–H and O–H groups in total. The van der Waals surface area contributed by atoms with E-state index in [1.54, 1.807) is 0 Å². The summed E-state index contributed by atoms with van der Waals surface area (Å²) in [5, 5.41) is 4.03. The highest BCUT2D eigenvalue weighted by atomic mass is 31.1. The highest BCUT2D eigenvalue weighted by Crippen LogP contribution is 2.65. The van der Waals surface area contributed by atoms with Gasteiger partial charge in [-0.2, -0.15) is 0 Å². The molecule has 0 radical (unpaired) electrons. The Morgan fingerprint density at radius 1 is 0.781 bits per heavy atom. The van der Waals surface area contributed by atoms with E-state index in [0.717, 1.165) is 23.8 Å². The molecule has 0 unspecified atom stereocenters. The molecule has 0 spiro atoms. The van der Waals surface area contributed by atoms with Crippen LogP contribution in [0.25, 0.3) is 0 Å². The third-order valence-electron chi connectivity index (χ3n) is 8.33. The van der Waals surface area contributed by atoms with Crippen molar-refractivity contribution < 1.29 is 4.74 Å². The van der Waals surface area contributed by atoms with Crippen LogP contribution in [-0.2, 0) is 4.74 Å². The molecule has 32 heavy (non-hydrogen) atoms. The SMILES string of the molecule is CC1(C)[C@H]2C[C@@H]3N=C(c4ccccc4P(c4ccccc4)c4ccccc4)O[C@]3(C)[C@@H]1C2. The van der Waals surface area contributed by atoms with Crippen molar-refractivity contribution in [2.75, 3.05) is 0 Å². The van der Waals surface area contributed by atoms with Gasteiger partial charge in [0.2, 0.25) is 5.90 Å². The van der Waals surface area contributed by atoms with E-state index in [4.69, 9.17) is 9.73 Å². The normalized spacial score (nSPS) is 29.6. The van der Waals surface area contributed by atoms with Gasteiger partial charge in [-0.1, -0.05) is 92.7 Å². The average molecular weight is 440 g/mol. The Morgan fingerprint density at radius 3 is 2.00 bits per heavy atom. The first-order valence-electron chi connectivity index (χ1n) is 11.7. The summed E-state index contributed by atoms with van der Waals surface area (Å²) in [4.78, 5) is 5.23. The quantitative estimate of drug-likeness (QED) is 0.498. The molecule has 4 atom stereocenters. The van der Waals surface area contributed by atoms with E-state index in [1.165, 1.54) is 22.3 Å². The minimum Gasteiger partial charge on any atom is -0.469 e. The molecule has 4 aliphatic rings. The largest absolute Gasteiger partial charge is 0.469 e. The molecule has 3 fully saturated rings. The molecule has 7 rings (SSSR count). The number of ether oxygens (including phenoxy) is 1. The fourth-order valence-electron chi connectivity index (χ4n) is 6.38. The van der Waals surface area contributed by atoms with Gasteiger partial charge >= 0.3 is 0 Å². The van der Waals surface area contributed by atoms with Crippen molar-refractivity contribution in [2.24, 2.45) is 22.2 Å². The summed E-state index contributed by atoms with van der Waals surface area (Å²) in [6, 6.07) is 30.8. The predicted molar refractivity (Wildman–Crippen MR) is 135 cm³/mol. The van der Waals surface area contributed by atoms with E-state index in [2.05, 4.69) is 106 Å². The van der Waals surface area contributed by atoms with Crippen molar-refractivity contribution >= 4 is 29.7 Å². The topological polar surface area (TPSA) is 21.6 Å². The van der Waals surface area contributed by atoms with Gasteiger partial charge in [-0.15, -0.1) is 0 Å². The summed E-state index contributed by atoms with van der Waals surface area (Å²) in [5.74, 6) is 2.21. The lowest BCUT2D eigenvalue weighted by atomic mass is 9.43. The van der Waals surface area contributed by atoms with Crippen LogP contribution in [0, 0.1) is 17.3 Å². The first-order chi connectivity index (χ1) is 15.5. The number of nitrogens with zero attached hydrogens (tertiary/aromatic N) is 1. The van der Waals surface area contributed by atoms with Crippen molar-refractivity contribution in [1.82, 2.24) is 0 Å². The number of aliphatic imine (C=N–C) groups is 1. The van der Waals surface area contributed by atoms with Crippen molar-refractivity contribution in [2.45, 2.75) is 45.3 Å². The van der Waals surface area contributed by atoms with Gasteiger partial charge < -0.3 is 4.74 Å². The maximum absolute atomic E-state index is 6.85. The molecule has 3 aromatic rings. The van der Waals surface area contributed by atoms with Crippen molar-refractivity contribution in [3.05, 3.63) is 90.5 Å². The van der Waals surface area contributed by atoms with Crippen molar-refractivity contribution in [3.8, 4) is 0 Å². The van der Waals surface area contributed by atoms with Crippen molar-refractivity contribution in [3.63, 3.8) is 0 Å². The first kappa shape index (κ1) is 20.2. The fraction of sp³-hybridized carbons (Fsp3) is 0.345. The molecule has 162 valence electrons. The number of hydrogen-bond acceptors (Lipinski definition) is 2. The van der Waals surface area contributed by atoms with Crippen LogP contribution in [0.3, 0.4) is 0 Å². The number of benzene rings is 3. The molecule has 0 aromatic heterocycles. The smallest absolute Gasteiger partial charge is 0.217 e. The second kappa shape index (κ2) is 7.29. The zero-order valence-electron chi connectivity index (χ0n) is 19.0. The Balaban J connectivity index is 1.44. The highest BCUT2D eigenvalue weighted by molar-refractivity contribution is 7.80. The van der Waals surface area contributed by atoms with Gasteiger partial charge in [-0.05, 0) is 61.0 Å². The van der Waals surface area contributed by atoms with Crippen LogP contribution >= 0.6 is 7.92 Å². The molecule has 1 aliphatic heterocycles.